The van der Waals surface area contributed by atoms with Crippen molar-refractivity contribution in [1.29, 1.82) is 0 Å². The molecule has 0 aliphatic carbocycles. The van der Waals surface area contributed by atoms with Crippen molar-refractivity contribution in [2.24, 2.45) is 0 Å². The molecule has 146 valence electrons. The fourth-order valence-electron chi connectivity index (χ4n) is 2.12. The van der Waals surface area contributed by atoms with Gasteiger partial charge in [-0.3, -0.25) is 4.79 Å². The zero-order valence-corrected chi connectivity index (χ0v) is 15.2. The fourth-order valence-corrected chi connectivity index (χ4v) is 2.38. The SMILES string of the molecule is O=C(Nc1c(F)c(F)c(F)c(F)c1F)c1ccn(COc2ccc(Br)cc2)n1. The van der Waals surface area contributed by atoms with E-state index in [4.69, 9.17) is 4.74 Å². The van der Waals surface area contributed by atoms with Gasteiger partial charge in [0.2, 0.25) is 5.82 Å². The summed E-state index contributed by atoms with van der Waals surface area (Å²) < 4.78 is 74.2. The summed E-state index contributed by atoms with van der Waals surface area (Å²) in [7, 11) is 0. The average Bonchev–Trinajstić information content (AvgIpc) is 3.17. The van der Waals surface area contributed by atoms with Crippen LogP contribution >= 0.6 is 15.9 Å². The quantitative estimate of drug-likeness (QED) is 0.342. The van der Waals surface area contributed by atoms with Crippen LogP contribution < -0.4 is 10.1 Å². The number of benzene rings is 2. The first kappa shape index (κ1) is 19.8. The maximum absolute atomic E-state index is 13.6. The third-order valence-electron chi connectivity index (χ3n) is 3.50. The van der Waals surface area contributed by atoms with Gasteiger partial charge < -0.3 is 10.1 Å². The van der Waals surface area contributed by atoms with Gasteiger partial charge in [-0.1, -0.05) is 15.9 Å². The van der Waals surface area contributed by atoms with Crippen molar-refractivity contribution in [3.05, 3.63) is 75.8 Å². The molecule has 3 rings (SSSR count). The Kier molecular flexibility index (Phi) is 5.63. The second-order valence-electron chi connectivity index (χ2n) is 5.37. The summed E-state index contributed by atoms with van der Waals surface area (Å²) in [5.41, 5.74) is -1.77. The number of aromatic nitrogens is 2. The molecule has 0 atom stereocenters. The van der Waals surface area contributed by atoms with Gasteiger partial charge >= 0.3 is 0 Å². The van der Waals surface area contributed by atoms with Crippen LogP contribution in [-0.2, 0) is 6.73 Å². The summed E-state index contributed by atoms with van der Waals surface area (Å²) in [5.74, 6) is -11.6. The minimum atomic E-state index is -2.32. The molecule has 1 N–H and O–H groups in total. The van der Waals surface area contributed by atoms with E-state index >= 15 is 0 Å². The van der Waals surface area contributed by atoms with Gasteiger partial charge in [-0.25, -0.2) is 26.6 Å². The predicted octanol–water partition coefficient (Wildman–Crippen LogP) is 4.63. The Bertz CT molecular complexity index is 1010. The molecule has 0 saturated carbocycles. The highest BCUT2D eigenvalue weighted by atomic mass is 79.9. The molecule has 0 aliphatic heterocycles. The molecule has 0 saturated heterocycles. The van der Waals surface area contributed by atoms with Gasteiger partial charge in [0.05, 0.1) is 0 Å². The second kappa shape index (κ2) is 7.97. The predicted molar refractivity (Wildman–Crippen MR) is 91.2 cm³/mol. The van der Waals surface area contributed by atoms with Crippen molar-refractivity contribution >= 4 is 27.5 Å². The molecule has 2 aromatic carbocycles. The number of rotatable bonds is 5. The standard InChI is InChI=1S/C17H9BrF5N3O2/c18-8-1-3-9(4-2-8)28-7-26-6-5-10(25-26)17(27)24-16-14(22)12(20)11(19)13(21)15(16)23/h1-6H,7H2,(H,24,27). The number of carbonyl (C=O) groups excluding carboxylic acids is 1. The van der Waals surface area contributed by atoms with E-state index < -0.39 is 40.7 Å². The molecule has 11 heteroatoms. The maximum atomic E-state index is 13.6. The number of hydrogen-bond acceptors (Lipinski definition) is 3. The van der Waals surface area contributed by atoms with Crippen molar-refractivity contribution in [3.8, 4) is 5.75 Å². The van der Waals surface area contributed by atoms with Crippen LogP contribution in [0.3, 0.4) is 0 Å². The highest BCUT2D eigenvalue weighted by Crippen LogP contribution is 2.27. The summed E-state index contributed by atoms with van der Waals surface area (Å²) in [4.78, 5) is 12.0. The molecular weight excluding hydrogens is 453 g/mol. The number of nitrogens with one attached hydrogen (secondary N) is 1. The molecule has 0 unspecified atom stereocenters. The van der Waals surface area contributed by atoms with E-state index in [0.717, 1.165) is 4.47 Å². The number of ether oxygens (including phenoxy) is 1. The molecule has 0 bridgehead atoms. The summed E-state index contributed by atoms with van der Waals surface area (Å²) in [6.45, 7) is -0.0859. The van der Waals surface area contributed by atoms with Gasteiger partial charge in [0.25, 0.3) is 5.91 Å². The summed E-state index contributed by atoms with van der Waals surface area (Å²) >= 11 is 3.27. The minimum Gasteiger partial charge on any atom is -0.471 e. The maximum Gasteiger partial charge on any atom is 0.276 e. The van der Waals surface area contributed by atoms with E-state index in [1.807, 2.05) is 0 Å². The molecule has 0 spiro atoms. The lowest BCUT2D eigenvalue weighted by atomic mass is 10.2. The number of hydrogen-bond donors (Lipinski definition) is 1. The Hall–Kier alpha value is -2.95. The van der Waals surface area contributed by atoms with E-state index in [0.29, 0.717) is 5.75 Å². The number of amides is 1. The van der Waals surface area contributed by atoms with Crippen molar-refractivity contribution < 1.29 is 31.5 Å². The Morgan fingerprint density at radius 1 is 0.964 bits per heavy atom. The van der Waals surface area contributed by atoms with Gasteiger partial charge in [0, 0.05) is 10.7 Å². The van der Waals surface area contributed by atoms with Crippen LogP contribution in [0.4, 0.5) is 27.6 Å². The number of halogens is 6. The number of carbonyl (C=O) groups is 1. The summed E-state index contributed by atoms with van der Waals surface area (Å²) in [5, 5.41) is 5.46. The van der Waals surface area contributed by atoms with Gasteiger partial charge in [-0.05, 0) is 30.3 Å². The zero-order chi connectivity index (χ0) is 20.4. The van der Waals surface area contributed by atoms with Crippen LogP contribution in [0.1, 0.15) is 10.5 Å². The minimum absolute atomic E-state index is 0.0859. The Morgan fingerprint density at radius 3 is 2.14 bits per heavy atom. The van der Waals surface area contributed by atoms with Crippen LogP contribution in [0.2, 0.25) is 0 Å². The monoisotopic (exact) mass is 461 g/mol. The van der Waals surface area contributed by atoms with Gasteiger partial charge in [0.15, 0.2) is 35.7 Å². The molecule has 0 aliphatic rings. The summed E-state index contributed by atoms with van der Waals surface area (Å²) in [6.07, 6.45) is 1.34. The van der Waals surface area contributed by atoms with Gasteiger partial charge in [-0.15, -0.1) is 0 Å². The van der Waals surface area contributed by atoms with Crippen molar-refractivity contribution in [1.82, 2.24) is 9.78 Å². The normalized spacial score (nSPS) is 10.8. The lowest BCUT2D eigenvalue weighted by molar-refractivity contribution is 0.101. The smallest absolute Gasteiger partial charge is 0.276 e. The molecule has 28 heavy (non-hydrogen) atoms. The van der Waals surface area contributed by atoms with Gasteiger partial charge in [0.1, 0.15) is 11.4 Å². The van der Waals surface area contributed by atoms with E-state index in [1.165, 1.54) is 16.9 Å². The lowest BCUT2D eigenvalue weighted by Gasteiger charge is -2.09. The average molecular weight is 462 g/mol. The Balaban J connectivity index is 1.72. The summed E-state index contributed by atoms with van der Waals surface area (Å²) in [6, 6.07) is 8.06. The van der Waals surface area contributed by atoms with E-state index in [2.05, 4.69) is 21.0 Å². The second-order valence-corrected chi connectivity index (χ2v) is 6.28. The molecule has 0 radical (unpaired) electrons. The van der Waals surface area contributed by atoms with Crippen LogP contribution in [0.15, 0.2) is 41.0 Å². The van der Waals surface area contributed by atoms with Crippen LogP contribution in [0.25, 0.3) is 0 Å². The van der Waals surface area contributed by atoms with Crippen LogP contribution in [0.5, 0.6) is 5.75 Å². The molecular formula is C17H9BrF5N3O2. The highest BCUT2D eigenvalue weighted by Gasteiger charge is 2.27. The van der Waals surface area contributed by atoms with E-state index in [1.54, 1.807) is 29.6 Å². The fraction of sp³-hybridized carbons (Fsp3) is 0.0588. The third kappa shape index (κ3) is 3.98. The largest absolute Gasteiger partial charge is 0.471 e. The Morgan fingerprint density at radius 2 is 1.54 bits per heavy atom. The van der Waals surface area contributed by atoms with Crippen LogP contribution in [-0.4, -0.2) is 15.7 Å². The third-order valence-corrected chi connectivity index (χ3v) is 4.03. The van der Waals surface area contributed by atoms with E-state index in [-0.39, 0.29) is 12.4 Å². The van der Waals surface area contributed by atoms with Crippen molar-refractivity contribution in [2.75, 3.05) is 5.32 Å². The zero-order valence-electron chi connectivity index (χ0n) is 13.6. The topological polar surface area (TPSA) is 56.2 Å². The molecule has 1 amide bonds. The van der Waals surface area contributed by atoms with Gasteiger partial charge in [-0.2, -0.15) is 5.10 Å². The molecule has 1 aromatic heterocycles. The van der Waals surface area contributed by atoms with Crippen molar-refractivity contribution in [2.45, 2.75) is 6.73 Å². The van der Waals surface area contributed by atoms with Crippen molar-refractivity contribution in [3.63, 3.8) is 0 Å². The van der Waals surface area contributed by atoms with Crippen LogP contribution in [0, 0.1) is 29.1 Å². The van der Waals surface area contributed by atoms with E-state index in [9.17, 15) is 26.7 Å². The first-order chi connectivity index (χ1) is 13.3. The number of anilines is 1. The lowest BCUT2D eigenvalue weighted by Crippen LogP contribution is -2.18. The first-order valence-corrected chi connectivity index (χ1v) is 8.32. The number of nitrogens with zero attached hydrogens (tertiary/aromatic N) is 2. The first-order valence-electron chi connectivity index (χ1n) is 7.52. The molecule has 5 nitrogen and oxygen atoms in total. The highest BCUT2D eigenvalue weighted by molar-refractivity contribution is 9.10. The molecule has 1 heterocycles. The molecule has 0 fully saturated rings. The molecule has 3 aromatic rings. The Labute approximate surface area is 162 Å².